The summed E-state index contributed by atoms with van der Waals surface area (Å²) in [5.74, 6) is 0.729. The third-order valence-corrected chi connectivity index (χ3v) is 10.0. The Bertz CT molecular complexity index is 2710. The number of fused-ring (bicyclic) bond motifs is 6. The number of hydrogen-bond donors (Lipinski definition) is 0. The van der Waals surface area contributed by atoms with Gasteiger partial charge in [0.2, 0.25) is 0 Å². The Balaban J connectivity index is 1.33. The maximum Gasteiger partial charge on any atom is 0.160 e. The van der Waals surface area contributed by atoms with Crippen LogP contribution in [-0.2, 0) is 0 Å². The summed E-state index contributed by atoms with van der Waals surface area (Å²) in [6, 6.07) is 47.0. The van der Waals surface area contributed by atoms with Crippen LogP contribution in [-0.4, -0.2) is 9.97 Å². The Morgan fingerprint density at radius 3 is 2.09 bits per heavy atom. The van der Waals surface area contributed by atoms with E-state index >= 15 is 0 Å². The van der Waals surface area contributed by atoms with Crippen molar-refractivity contribution in [3.05, 3.63) is 133 Å². The summed E-state index contributed by atoms with van der Waals surface area (Å²) >= 11 is 1.76. The molecule has 44 heavy (non-hydrogen) atoms. The lowest BCUT2D eigenvalue weighted by Gasteiger charge is -2.14. The second-order valence-corrected chi connectivity index (χ2v) is 12.4. The highest BCUT2D eigenvalue weighted by atomic mass is 32.1. The standard InChI is InChI=1S/C40H22N2OS/c1-3-10-23(11-4-1)26-20-21-32-36-34(26)30-22-25(18-19-27(30)28-15-9-16-31(43-32)35(28)36)40-41-37(24-12-5-2-6-13-24)39-38(42-40)29-14-7-8-17-33(29)44-39/h1-22H. The zero-order valence-electron chi connectivity index (χ0n) is 23.4. The van der Waals surface area contributed by atoms with Gasteiger partial charge in [-0.15, -0.1) is 11.3 Å². The number of benzene rings is 7. The molecule has 0 saturated heterocycles. The van der Waals surface area contributed by atoms with Crippen molar-refractivity contribution in [1.82, 2.24) is 9.97 Å². The predicted molar refractivity (Wildman–Crippen MR) is 185 cm³/mol. The minimum absolute atomic E-state index is 0.729. The van der Waals surface area contributed by atoms with Gasteiger partial charge in [0.05, 0.1) is 15.9 Å². The molecule has 0 spiro atoms. The lowest BCUT2D eigenvalue weighted by Crippen LogP contribution is -1.94. The molecule has 0 aliphatic rings. The minimum Gasteiger partial charge on any atom is -0.456 e. The third kappa shape index (κ3) is 3.31. The summed E-state index contributed by atoms with van der Waals surface area (Å²) in [5.41, 5.74) is 8.27. The summed E-state index contributed by atoms with van der Waals surface area (Å²) in [6.45, 7) is 0. The summed E-state index contributed by atoms with van der Waals surface area (Å²) in [6.07, 6.45) is 0. The van der Waals surface area contributed by atoms with Crippen molar-refractivity contribution in [2.45, 2.75) is 0 Å². The molecule has 4 heteroatoms. The maximum atomic E-state index is 6.41. The van der Waals surface area contributed by atoms with E-state index in [0.29, 0.717) is 0 Å². The molecule has 7 aromatic carbocycles. The van der Waals surface area contributed by atoms with E-state index in [-0.39, 0.29) is 0 Å². The highest BCUT2D eigenvalue weighted by molar-refractivity contribution is 7.26. The van der Waals surface area contributed by atoms with E-state index in [4.69, 9.17) is 14.4 Å². The molecule has 10 aromatic rings. The monoisotopic (exact) mass is 578 g/mol. The van der Waals surface area contributed by atoms with Gasteiger partial charge in [-0.3, -0.25) is 0 Å². The molecular weight excluding hydrogens is 557 g/mol. The topological polar surface area (TPSA) is 38.9 Å². The molecule has 0 unspecified atom stereocenters. The van der Waals surface area contributed by atoms with Crippen LogP contribution in [0.5, 0.6) is 0 Å². The fraction of sp³-hybridized carbons (Fsp3) is 0. The van der Waals surface area contributed by atoms with E-state index in [1.165, 1.54) is 48.1 Å². The third-order valence-electron chi connectivity index (χ3n) is 8.85. The van der Waals surface area contributed by atoms with Gasteiger partial charge in [-0.1, -0.05) is 109 Å². The van der Waals surface area contributed by atoms with Crippen molar-refractivity contribution in [3.8, 4) is 33.8 Å². The Morgan fingerprint density at radius 2 is 1.23 bits per heavy atom. The van der Waals surface area contributed by atoms with Gasteiger partial charge in [-0.25, -0.2) is 9.97 Å². The molecule has 3 aromatic heterocycles. The SMILES string of the molecule is c1ccc(-c2nc(-c3ccc4c(c3)c3c(-c5ccccc5)ccc5oc6cccc4c6c53)nc3c2sc2ccccc23)cc1. The molecule has 0 bridgehead atoms. The van der Waals surface area contributed by atoms with Crippen LogP contribution in [0.4, 0.5) is 0 Å². The van der Waals surface area contributed by atoms with Gasteiger partial charge in [-0.05, 0) is 51.6 Å². The molecule has 204 valence electrons. The molecule has 10 rings (SSSR count). The van der Waals surface area contributed by atoms with Gasteiger partial charge in [0.1, 0.15) is 11.2 Å². The lowest BCUT2D eigenvalue weighted by molar-refractivity contribution is 0.669. The van der Waals surface area contributed by atoms with Crippen LogP contribution in [0.2, 0.25) is 0 Å². The van der Waals surface area contributed by atoms with E-state index in [1.807, 2.05) is 6.07 Å². The zero-order valence-corrected chi connectivity index (χ0v) is 24.2. The molecule has 0 aliphatic heterocycles. The molecule has 0 atom stereocenters. The van der Waals surface area contributed by atoms with E-state index < -0.39 is 0 Å². The normalized spacial score (nSPS) is 12.1. The highest BCUT2D eigenvalue weighted by Crippen LogP contribution is 2.47. The van der Waals surface area contributed by atoms with Gasteiger partial charge in [0, 0.05) is 37.4 Å². The minimum atomic E-state index is 0.729. The highest BCUT2D eigenvalue weighted by Gasteiger charge is 2.22. The van der Waals surface area contributed by atoms with Gasteiger partial charge in [0.15, 0.2) is 5.82 Å². The number of furan rings is 1. The first-order chi connectivity index (χ1) is 21.8. The second kappa shape index (κ2) is 8.96. The van der Waals surface area contributed by atoms with Gasteiger partial charge >= 0.3 is 0 Å². The first kappa shape index (κ1) is 23.9. The quantitative estimate of drug-likeness (QED) is 0.196. The Labute approximate surface area is 256 Å². The average molecular weight is 579 g/mol. The zero-order chi connectivity index (χ0) is 28.8. The fourth-order valence-corrected chi connectivity index (χ4v) is 8.06. The van der Waals surface area contributed by atoms with Crippen molar-refractivity contribution in [3.63, 3.8) is 0 Å². The lowest BCUT2D eigenvalue weighted by atomic mass is 9.89. The Hall–Kier alpha value is -5.58. The second-order valence-electron chi connectivity index (χ2n) is 11.3. The van der Waals surface area contributed by atoms with Crippen LogP contribution in [0.1, 0.15) is 0 Å². The first-order valence-electron chi connectivity index (χ1n) is 14.8. The van der Waals surface area contributed by atoms with E-state index in [0.717, 1.165) is 49.4 Å². The van der Waals surface area contributed by atoms with E-state index in [9.17, 15) is 0 Å². The van der Waals surface area contributed by atoms with E-state index in [1.54, 1.807) is 11.3 Å². The van der Waals surface area contributed by atoms with Crippen LogP contribution >= 0.6 is 11.3 Å². The summed E-state index contributed by atoms with van der Waals surface area (Å²) in [5, 5.41) is 8.30. The van der Waals surface area contributed by atoms with Crippen molar-refractivity contribution in [2.24, 2.45) is 0 Å². The molecule has 3 heterocycles. The predicted octanol–water partition coefficient (Wildman–Crippen LogP) is 11.5. The number of hydrogen-bond acceptors (Lipinski definition) is 4. The maximum absolute atomic E-state index is 6.41. The summed E-state index contributed by atoms with van der Waals surface area (Å²) < 4.78 is 8.75. The molecular formula is C40H22N2OS. The van der Waals surface area contributed by atoms with Crippen LogP contribution in [0.15, 0.2) is 138 Å². The van der Waals surface area contributed by atoms with Crippen molar-refractivity contribution in [1.29, 1.82) is 0 Å². The molecule has 3 nitrogen and oxygen atoms in total. The van der Waals surface area contributed by atoms with E-state index in [2.05, 4.69) is 127 Å². The number of thiophene rings is 1. The molecule has 0 radical (unpaired) electrons. The molecule has 0 fully saturated rings. The number of nitrogens with zero attached hydrogens (tertiary/aromatic N) is 2. The molecule has 0 saturated carbocycles. The van der Waals surface area contributed by atoms with Crippen molar-refractivity contribution < 1.29 is 4.42 Å². The van der Waals surface area contributed by atoms with Crippen LogP contribution in [0.25, 0.3) is 97.6 Å². The van der Waals surface area contributed by atoms with Crippen LogP contribution in [0, 0.1) is 0 Å². The van der Waals surface area contributed by atoms with Crippen molar-refractivity contribution >= 4 is 75.1 Å². The Morgan fingerprint density at radius 1 is 0.477 bits per heavy atom. The summed E-state index contributed by atoms with van der Waals surface area (Å²) in [7, 11) is 0. The summed E-state index contributed by atoms with van der Waals surface area (Å²) in [4.78, 5) is 10.5. The fourth-order valence-electron chi connectivity index (χ4n) is 6.91. The van der Waals surface area contributed by atoms with Crippen molar-refractivity contribution in [2.75, 3.05) is 0 Å². The Kier molecular flexibility index (Phi) is 4.87. The smallest absolute Gasteiger partial charge is 0.160 e. The number of rotatable bonds is 3. The molecule has 0 N–H and O–H groups in total. The average Bonchev–Trinajstić information content (AvgIpc) is 3.67. The van der Waals surface area contributed by atoms with Gasteiger partial charge < -0.3 is 4.42 Å². The molecule has 0 aliphatic carbocycles. The largest absolute Gasteiger partial charge is 0.456 e. The first-order valence-corrected chi connectivity index (χ1v) is 15.6. The van der Waals surface area contributed by atoms with Crippen LogP contribution in [0.3, 0.4) is 0 Å². The van der Waals surface area contributed by atoms with Gasteiger partial charge in [0.25, 0.3) is 0 Å². The van der Waals surface area contributed by atoms with Gasteiger partial charge in [-0.2, -0.15) is 0 Å². The van der Waals surface area contributed by atoms with Crippen LogP contribution < -0.4 is 0 Å². The number of aromatic nitrogens is 2. The molecule has 0 amide bonds.